The Kier molecular flexibility index (Phi) is 6.96. The summed E-state index contributed by atoms with van der Waals surface area (Å²) in [6.45, 7) is 2.90. The van der Waals surface area contributed by atoms with Gasteiger partial charge in [0.1, 0.15) is 12.4 Å². The van der Waals surface area contributed by atoms with Crippen LogP contribution in [0.1, 0.15) is 12.8 Å². The highest BCUT2D eigenvalue weighted by atomic mass is 35.5. The molecule has 2 rings (SSSR count). The lowest BCUT2D eigenvalue weighted by Crippen LogP contribution is -2.39. The van der Waals surface area contributed by atoms with Crippen molar-refractivity contribution in [3.63, 3.8) is 0 Å². The van der Waals surface area contributed by atoms with Crippen molar-refractivity contribution in [3.8, 4) is 5.75 Å². The van der Waals surface area contributed by atoms with E-state index in [4.69, 9.17) is 21.1 Å². The summed E-state index contributed by atoms with van der Waals surface area (Å²) in [5.74, 6) is 0.805. The highest BCUT2D eigenvalue weighted by molar-refractivity contribution is 6.30. The van der Waals surface area contributed by atoms with Crippen LogP contribution in [0.25, 0.3) is 0 Å². The van der Waals surface area contributed by atoms with Crippen LogP contribution in [0.15, 0.2) is 24.3 Å². The summed E-state index contributed by atoms with van der Waals surface area (Å²) in [4.78, 5) is 13.6. The Hall–Kier alpha value is -1.30. The number of carbonyl (C=O) groups is 1. The lowest BCUT2D eigenvalue weighted by molar-refractivity contribution is -0.129. The van der Waals surface area contributed by atoms with Gasteiger partial charge in [-0.15, -0.1) is 0 Å². The number of likely N-dealkylation sites (N-methyl/N-ethyl adjacent to an activating group) is 1. The number of ether oxygens (including phenoxy) is 2. The maximum absolute atomic E-state index is 12.0. The van der Waals surface area contributed by atoms with Gasteiger partial charge in [0, 0.05) is 25.2 Å². The van der Waals surface area contributed by atoms with Crippen LogP contribution in [0.5, 0.6) is 5.75 Å². The molecule has 1 aromatic rings. The Morgan fingerprint density at radius 2 is 2.23 bits per heavy atom. The Balaban J connectivity index is 1.58. The monoisotopic (exact) mass is 326 g/mol. The quantitative estimate of drug-likeness (QED) is 0.793. The van der Waals surface area contributed by atoms with Crippen molar-refractivity contribution in [1.82, 2.24) is 10.2 Å². The first-order valence-corrected chi connectivity index (χ1v) is 7.97. The molecule has 6 heteroatoms. The molecule has 0 saturated carbocycles. The van der Waals surface area contributed by atoms with Crippen molar-refractivity contribution < 1.29 is 14.3 Å². The summed E-state index contributed by atoms with van der Waals surface area (Å²) < 4.78 is 11.1. The van der Waals surface area contributed by atoms with Crippen molar-refractivity contribution in [3.05, 3.63) is 29.3 Å². The van der Waals surface area contributed by atoms with Crippen LogP contribution in [0.4, 0.5) is 0 Å². The number of nitrogens with one attached hydrogen (secondary N) is 1. The predicted molar refractivity (Wildman–Crippen MR) is 86.4 cm³/mol. The van der Waals surface area contributed by atoms with Gasteiger partial charge in [0.25, 0.3) is 0 Å². The topological polar surface area (TPSA) is 50.8 Å². The van der Waals surface area contributed by atoms with E-state index in [1.54, 1.807) is 24.1 Å². The number of halogens is 1. The fourth-order valence-electron chi connectivity index (χ4n) is 2.24. The van der Waals surface area contributed by atoms with Gasteiger partial charge in [0.2, 0.25) is 5.91 Å². The first kappa shape index (κ1) is 17.1. The second kappa shape index (κ2) is 8.98. The van der Waals surface area contributed by atoms with Gasteiger partial charge in [0.05, 0.1) is 19.2 Å². The van der Waals surface area contributed by atoms with E-state index in [-0.39, 0.29) is 12.0 Å². The molecule has 0 radical (unpaired) electrons. The molecule has 1 aliphatic rings. The van der Waals surface area contributed by atoms with Crippen LogP contribution in [0, 0.1) is 0 Å². The summed E-state index contributed by atoms with van der Waals surface area (Å²) in [5, 5.41) is 3.83. The van der Waals surface area contributed by atoms with Gasteiger partial charge in [-0.25, -0.2) is 0 Å². The molecular weight excluding hydrogens is 304 g/mol. The Labute approximate surface area is 136 Å². The molecule has 1 aliphatic heterocycles. The van der Waals surface area contributed by atoms with E-state index < -0.39 is 0 Å². The summed E-state index contributed by atoms with van der Waals surface area (Å²) in [5.41, 5.74) is 0. The molecule has 5 nitrogen and oxygen atoms in total. The molecule has 0 aliphatic carbocycles. The van der Waals surface area contributed by atoms with Crippen molar-refractivity contribution in [2.24, 2.45) is 0 Å². The molecular formula is C16H23ClN2O3. The van der Waals surface area contributed by atoms with E-state index in [0.29, 0.717) is 24.7 Å². The minimum atomic E-state index is 0.0534. The fraction of sp³-hybridized carbons (Fsp3) is 0.562. The smallest absolute Gasteiger partial charge is 0.236 e. The molecule has 1 heterocycles. The zero-order valence-corrected chi connectivity index (χ0v) is 13.6. The molecule has 0 aromatic heterocycles. The maximum atomic E-state index is 12.0. The van der Waals surface area contributed by atoms with Crippen LogP contribution in [-0.2, 0) is 9.53 Å². The average Bonchev–Trinajstić information content (AvgIpc) is 3.02. The zero-order valence-electron chi connectivity index (χ0n) is 12.9. The van der Waals surface area contributed by atoms with Crippen molar-refractivity contribution >= 4 is 17.5 Å². The first-order chi connectivity index (χ1) is 10.6. The van der Waals surface area contributed by atoms with E-state index in [1.807, 2.05) is 12.1 Å². The van der Waals surface area contributed by atoms with E-state index in [2.05, 4.69) is 5.32 Å². The van der Waals surface area contributed by atoms with Crippen LogP contribution in [-0.4, -0.2) is 56.8 Å². The van der Waals surface area contributed by atoms with Crippen LogP contribution < -0.4 is 10.1 Å². The van der Waals surface area contributed by atoms with Crippen molar-refractivity contribution in [1.29, 1.82) is 0 Å². The van der Waals surface area contributed by atoms with Gasteiger partial charge in [-0.3, -0.25) is 4.79 Å². The molecule has 1 N–H and O–H groups in total. The van der Waals surface area contributed by atoms with Gasteiger partial charge >= 0.3 is 0 Å². The highest BCUT2D eigenvalue weighted by Gasteiger charge is 2.15. The van der Waals surface area contributed by atoms with Crippen molar-refractivity contribution in [2.75, 3.05) is 39.9 Å². The summed E-state index contributed by atoms with van der Waals surface area (Å²) in [7, 11) is 1.78. The second-order valence-corrected chi connectivity index (χ2v) is 5.82. The van der Waals surface area contributed by atoms with E-state index in [0.717, 1.165) is 31.7 Å². The number of benzene rings is 1. The van der Waals surface area contributed by atoms with Gasteiger partial charge in [-0.1, -0.05) is 11.6 Å². The normalized spacial score (nSPS) is 17.5. The number of nitrogens with zero attached hydrogens (tertiary/aromatic N) is 1. The van der Waals surface area contributed by atoms with Gasteiger partial charge in [-0.2, -0.15) is 0 Å². The Morgan fingerprint density at radius 3 is 2.91 bits per heavy atom. The van der Waals surface area contributed by atoms with Gasteiger partial charge < -0.3 is 19.7 Å². The van der Waals surface area contributed by atoms with E-state index >= 15 is 0 Å². The minimum Gasteiger partial charge on any atom is -0.492 e. The highest BCUT2D eigenvalue weighted by Crippen LogP contribution is 2.15. The van der Waals surface area contributed by atoms with E-state index in [9.17, 15) is 4.79 Å². The minimum absolute atomic E-state index is 0.0534. The van der Waals surface area contributed by atoms with Gasteiger partial charge in [0.15, 0.2) is 0 Å². The van der Waals surface area contributed by atoms with Gasteiger partial charge in [-0.05, 0) is 37.1 Å². The first-order valence-electron chi connectivity index (χ1n) is 7.60. The fourth-order valence-corrected chi connectivity index (χ4v) is 2.36. The zero-order chi connectivity index (χ0) is 15.8. The number of rotatable bonds is 8. The summed E-state index contributed by atoms with van der Waals surface area (Å²) in [6, 6.07) is 7.18. The molecule has 0 bridgehead atoms. The Morgan fingerprint density at radius 1 is 1.45 bits per heavy atom. The lowest BCUT2D eigenvalue weighted by Gasteiger charge is -2.18. The molecule has 22 heavy (non-hydrogen) atoms. The standard InChI is InChI=1S/C16H23ClN2O3/c1-19(8-10-22-14-6-4-13(17)5-7-14)16(20)12-18-11-15-3-2-9-21-15/h4-7,15,18H,2-3,8-12H2,1H3. The third-order valence-corrected chi connectivity index (χ3v) is 3.86. The van der Waals surface area contributed by atoms with Crippen LogP contribution >= 0.6 is 11.6 Å². The number of hydrogen-bond donors (Lipinski definition) is 1. The Bertz CT molecular complexity index is 461. The second-order valence-electron chi connectivity index (χ2n) is 5.38. The molecule has 0 spiro atoms. The average molecular weight is 327 g/mol. The van der Waals surface area contributed by atoms with Crippen LogP contribution in [0.3, 0.4) is 0 Å². The SMILES string of the molecule is CN(CCOc1ccc(Cl)cc1)C(=O)CNCC1CCCO1. The summed E-state index contributed by atoms with van der Waals surface area (Å²) >= 11 is 5.81. The third-order valence-electron chi connectivity index (χ3n) is 3.61. The molecule has 1 unspecified atom stereocenters. The van der Waals surface area contributed by atoms with Crippen molar-refractivity contribution in [2.45, 2.75) is 18.9 Å². The number of amides is 1. The lowest BCUT2D eigenvalue weighted by atomic mass is 10.2. The number of hydrogen-bond acceptors (Lipinski definition) is 4. The maximum Gasteiger partial charge on any atom is 0.236 e. The number of carbonyl (C=O) groups excluding carboxylic acids is 1. The van der Waals surface area contributed by atoms with Crippen LogP contribution in [0.2, 0.25) is 5.02 Å². The predicted octanol–water partition coefficient (Wildman–Crippen LogP) is 1.95. The summed E-state index contributed by atoms with van der Waals surface area (Å²) in [6.07, 6.45) is 2.44. The molecule has 122 valence electrons. The molecule has 1 aromatic carbocycles. The molecule has 1 amide bonds. The largest absolute Gasteiger partial charge is 0.492 e. The third kappa shape index (κ3) is 5.83. The molecule has 1 atom stereocenters. The molecule has 1 fully saturated rings. The molecule has 1 saturated heterocycles. The van der Waals surface area contributed by atoms with E-state index in [1.165, 1.54) is 0 Å².